The molecule has 0 N–H and O–H groups in total. The summed E-state index contributed by atoms with van der Waals surface area (Å²) in [4.78, 5) is 0.314. The molecule has 6 heteroatoms. The lowest BCUT2D eigenvalue weighted by Gasteiger charge is -2.30. The zero-order valence-corrected chi connectivity index (χ0v) is 11.9. The van der Waals surface area contributed by atoms with E-state index in [0.29, 0.717) is 29.1 Å². The van der Waals surface area contributed by atoms with Gasteiger partial charge >= 0.3 is 0 Å². The van der Waals surface area contributed by atoms with Crippen molar-refractivity contribution in [2.45, 2.75) is 17.9 Å². The number of halogens is 1. The minimum Gasteiger partial charge on any atom is -0.376 e. The Morgan fingerprint density at radius 3 is 2.76 bits per heavy atom. The van der Waals surface area contributed by atoms with Crippen molar-refractivity contribution >= 4 is 26.0 Å². The fourth-order valence-corrected chi connectivity index (χ4v) is 4.26. The van der Waals surface area contributed by atoms with Crippen molar-refractivity contribution in [3.63, 3.8) is 0 Å². The van der Waals surface area contributed by atoms with E-state index in [-0.39, 0.29) is 6.10 Å². The Hall–Kier alpha value is -0.430. The Labute approximate surface area is 110 Å². The molecule has 1 aliphatic heterocycles. The second-order valence-electron chi connectivity index (χ2n) is 3.97. The molecule has 1 saturated heterocycles. The van der Waals surface area contributed by atoms with Crippen molar-refractivity contribution in [2.75, 3.05) is 19.7 Å². The maximum absolute atomic E-state index is 12.4. The Balaban J connectivity index is 2.33. The van der Waals surface area contributed by atoms with Crippen LogP contribution in [0.2, 0.25) is 0 Å². The number of rotatable bonds is 2. The molecule has 1 aliphatic rings. The van der Waals surface area contributed by atoms with Crippen molar-refractivity contribution in [1.82, 2.24) is 4.31 Å². The Bertz CT molecular complexity index is 503. The molecule has 1 aromatic rings. The Morgan fingerprint density at radius 2 is 2.12 bits per heavy atom. The molecule has 94 valence electrons. The summed E-state index contributed by atoms with van der Waals surface area (Å²) in [7, 11) is -3.42. The lowest BCUT2D eigenvalue weighted by atomic mass is 10.3. The van der Waals surface area contributed by atoms with Gasteiger partial charge in [-0.15, -0.1) is 0 Å². The van der Waals surface area contributed by atoms with Crippen molar-refractivity contribution < 1.29 is 13.2 Å². The van der Waals surface area contributed by atoms with Gasteiger partial charge in [-0.25, -0.2) is 8.42 Å². The van der Waals surface area contributed by atoms with Crippen LogP contribution in [0.3, 0.4) is 0 Å². The summed E-state index contributed by atoms with van der Waals surface area (Å²) in [5.74, 6) is 0. The minimum atomic E-state index is -3.42. The first-order valence-electron chi connectivity index (χ1n) is 5.38. The SMILES string of the molecule is CC1CN(S(=O)(=O)c2ccccc2Br)CCO1. The quantitative estimate of drug-likeness (QED) is 0.836. The van der Waals surface area contributed by atoms with Crippen molar-refractivity contribution in [2.24, 2.45) is 0 Å². The van der Waals surface area contributed by atoms with Crippen LogP contribution in [0.5, 0.6) is 0 Å². The molecule has 1 aromatic carbocycles. The van der Waals surface area contributed by atoms with Gasteiger partial charge in [-0.2, -0.15) is 4.31 Å². The number of hydrogen-bond donors (Lipinski definition) is 0. The predicted molar refractivity (Wildman–Crippen MR) is 68.3 cm³/mol. The van der Waals surface area contributed by atoms with Gasteiger partial charge in [-0.3, -0.25) is 0 Å². The highest BCUT2D eigenvalue weighted by atomic mass is 79.9. The van der Waals surface area contributed by atoms with Crippen LogP contribution < -0.4 is 0 Å². The van der Waals surface area contributed by atoms with Gasteiger partial charge in [0.25, 0.3) is 0 Å². The number of nitrogens with zero attached hydrogens (tertiary/aromatic N) is 1. The van der Waals surface area contributed by atoms with Crippen LogP contribution >= 0.6 is 15.9 Å². The molecule has 17 heavy (non-hydrogen) atoms. The van der Waals surface area contributed by atoms with E-state index in [4.69, 9.17) is 4.74 Å². The number of morpholine rings is 1. The fourth-order valence-electron chi connectivity index (χ4n) is 1.80. The van der Waals surface area contributed by atoms with Crippen molar-refractivity contribution in [1.29, 1.82) is 0 Å². The highest BCUT2D eigenvalue weighted by Gasteiger charge is 2.30. The Kier molecular flexibility index (Phi) is 3.87. The predicted octanol–water partition coefficient (Wildman–Crippen LogP) is 1.86. The zero-order chi connectivity index (χ0) is 12.5. The molecule has 1 atom stereocenters. The van der Waals surface area contributed by atoms with Crippen LogP contribution in [0.1, 0.15) is 6.92 Å². The molecule has 0 spiro atoms. The molecular weight excluding hydrogens is 306 g/mol. The van der Waals surface area contributed by atoms with E-state index in [1.54, 1.807) is 24.3 Å². The lowest BCUT2D eigenvalue weighted by molar-refractivity contribution is 0.0102. The van der Waals surface area contributed by atoms with E-state index in [2.05, 4.69) is 15.9 Å². The highest BCUT2D eigenvalue weighted by Crippen LogP contribution is 2.25. The monoisotopic (exact) mass is 319 g/mol. The molecule has 0 aliphatic carbocycles. The molecule has 0 radical (unpaired) electrons. The zero-order valence-electron chi connectivity index (χ0n) is 9.47. The molecule has 0 bridgehead atoms. The molecule has 0 aromatic heterocycles. The maximum atomic E-state index is 12.4. The van der Waals surface area contributed by atoms with Gasteiger partial charge in [0.05, 0.1) is 17.6 Å². The van der Waals surface area contributed by atoms with Gasteiger partial charge in [0.15, 0.2) is 0 Å². The van der Waals surface area contributed by atoms with E-state index in [1.165, 1.54) is 4.31 Å². The van der Waals surface area contributed by atoms with Gasteiger partial charge in [-0.1, -0.05) is 12.1 Å². The van der Waals surface area contributed by atoms with E-state index >= 15 is 0 Å². The van der Waals surface area contributed by atoms with Crippen LogP contribution in [-0.2, 0) is 14.8 Å². The molecular formula is C11H14BrNO3S. The topological polar surface area (TPSA) is 46.6 Å². The van der Waals surface area contributed by atoms with E-state index in [0.717, 1.165) is 0 Å². The largest absolute Gasteiger partial charge is 0.376 e. The number of hydrogen-bond acceptors (Lipinski definition) is 3. The average molecular weight is 320 g/mol. The second kappa shape index (κ2) is 5.06. The van der Waals surface area contributed by atoms with Gasteiger partial charge in [0.2, 0.25) is 10.0 Å². The summed E-state index contributed by atoms with van der Waals surface area (Å²) in [5, 5.41) is 0. The lowest BCUT2D eigenvalue weighted by Crippen LogP contribution is -2.44. The first kappa shape index (κ1) is 13.0. The minimum absolute atomic E-state index is 0.0546. The summed E-state index contributed by atoms with van der Waals surface area (Å²) in [6.45, 7) is 3.14. The van der Waals surface area contributed by atoms with Crippen LogP contribution in [0.15, 0.2) is 33.6 Å². The number of benzene rings is 1. The number of ether oxygens (including phenoxy) is 1. The van der Waals surface area contributed by atoms with Gasteiger partial charge in [-0.05, 0) is 35.0 Å². The van der Waals surface area contributed by atoms with Gasteiger partial charge < -0.3 is 4.74 Å². The highest BCUT2D eigenvalue weighted by molar-refractivity contribution is 9.10. The van der Waals surface area contributed by atoms with Crippen molar-refractivity contribution in [3.05, 3.63) is 28.7 Å². The first-order valence-corrected chi connectivity index (χ1v) is 7.61. The smallest absolute Gasteiger partial charge is 0.244 e. The van der Waals surface area contributed by atoms with Crippen LogP contribution in [0, 0.1) is 0 Å². The fraction of sp³-hybridized carbons (Fsp3) is 0.455. The number of sulfonamides is 1. The summed E-state index contributed by atoms with van der Waals surface area (Å²) in [6, 6.07) is 6.86. The summed E-state index contributed by atoms with van der Waals surface area (Å²) < 4.78 is 32.2. The molecule has 1 fully saturated rings. The van der Waals surface area contributed by atoms with Crippen LogP contribution in [-0.4, -0.2) is 38.5 Å². The van der Waals surface area contributed by atoms with Crippen LogP contribution in [0.4, 0.5) is 0 Å². The molecule has 4 nitrogen and oxygen atoms in total. The van der Waals surface area contributed by atoms with Crippen LogP contribution in [0.25, 0.3) is 0 Å². The summed E-state index contributed by atoms with van der Waals surface area (Å²) in [6.07, 6.45) is -0.0546. The molecule has 0 amide bonds. The van der Waals surface area contributed by atoms with Gasteiger partial charge in [0.1, 0.15) is 0 Å². The molecule has 0 saturated carbocycles. The summed E-state index contributed by atoms with van der Waals surface area (Å²) >= 11 is 3.28. The summed E-state index contributed by atoms with van der Waals surface area (Å²) in [5.41, 5.74) is 0. The maximum Gasteiger partial charge on any atom is 0.244 e. The van der Waals surface area contributed by atoms with E-state index in [9.17, 15) is 8.42 Å². The third-order valence-corrected chi connectivity index (χ3v) is 5.54. The van der Waals surface area contributed by atoms with E-state index < -0.39 is 10.0 Å². The first-order chi connectivity index (χ1) is 8.01. The Morgan fingerprint density at radius 1 is 1.41 bits per heavy atom. The normalized spacial score (nSPS) is 22.6. The standard InChI is InChI=1S/C11H14BrNO3S/c1-9-8-13(6-7-16-9)17(14,15)11-5-3-2-4-10(11)12/h2-5,9H,6-8H2,1H3. The molecule has 1 unspecified atom stereocenters. The third kappa shape index (κ3) is 2.70. The van der Waals surface area contributed by atoms with E-state index in [1.807, 2.05) is 6.92 Å². The average Bonchev–Trinajstić information content (AvgIpc) is 2.29. The molecule has 1 heterocycles. The third-order valence-electron chi connectivity index (χ3n) is 2.66. The van der Waals surface area contributed by atoms with Crippen molar-refractivity contribution in [3.8, 4) is 0 Å². The molecule has 2 rings (SSSR count). The second-order valence-corrected chi connectivity index (χ2v) is 6.74. The van der Waals surface area contributed by atoms with Gasteiger partial charge in [0, 0.05) is 17.6 Å².